The van der Waals surface area contributed by atoms with Crippen LogP contribution in [0.15, 0.2) is 60.7 Å². The SMILES string of the molecule is CCOc1c(Cl)cc(C(=O)Nc2cccc(Cl)c2C)cc1OCc1ccccc1. The molecule has 0 saturated heterocycles. The lowest BCUT2D eigenvalue weighted by Crippen LogP contribution is -2.13. The zero-order chi connectivity index (χ0) is 20.8. The molecule has 0 aromatic heterocycles. The van der Waals surface area contributed by atoms with Crippen molar-refractivity contribution in [3.05, 3.63) is 87.4 Å². The summed E-state index contributed by atoms with van der Waals surface area (Å²) >= 11 is 12.5. The summed E-state index contributed by atoms with van der Waals surface area (Å²) in [5.74, 6) is 0.515. The lowest BCUT2D eigenvalue weighted by Gasteiger charge is -2.16. The topological polar surface area (TPSA) is 47.6 Å². The number of hydrogen-bond donors (Lipinski definition) is 1. The van der Waals surface area contributed by atoms with Gasteiger partial charge in [0, 0.05) is 16.3 Å². The van der Waals surface area contributed by atoms with Crippen LogP contribution in [-0.2, 0) is 6.61 Å². The molecule has 1 amide bonds. The van der Waals surface area contributed by atoms with Gasteiger partial charge in [0.2, 0.25) is 0 Å². The standard InChI is InChI=1S/C23H21Cl2NO3/c1-3-28-22-19(25)12-17(13-21(22)29-14-16-8-5-4-6-9-16)23(27)26-20-11-7-10-18(24)15(20)2/h4-13H,3,14H2,1-2H3,(H,26,27). The monoisotopic (exact) mass is 429 g/mol. The lowest BCUT2D eigenvalue weighted by molar-refractivity contribution is 0.102. The Bertz CT molecular complexity index is 1010. The molecule has 0 atom stereocenters. The van der Waals surface area contributed by atoms with Crippen molar-refractivity contribution >= 4 is 34.8 Å². The van der Waals surface area contributed by atoms with Crippen molar-refractivity contribution in [2.45, 2.75) is 20.5 Å². The first kappa shape index (κ1) is 21.0. The minimum atomic E-state index is -0.315. The van der Waals surface area contributed by atoms with E-state index in [2.05, 4.69) is 5.32 Å². The van der Waals surface area contributed by atoms with E-state index in [4.69, 9.17) is 32.7 Å². The third-order valence-corrected chi connectivity index (χ3v) is 5.00. The molecular weight excluding hydrogens is 409 g/mol. The van der Waals surface area contributed by atoms with E-state index < -0.39 is 0 Å². The number of anilines is 1. The van der Waals surface area contributed by atoms with Crippen LogP contribution < -0.4 is 14.8 Å². The normalized spacial score (nSPS) is 10.5. The molecule has 0 aliphatic heterocycles. The average Bonchev–Trinajstić information content (AvgIpc) is 2.72. The zero-order valence-corrected chi connectivity index (χ0v) is 17.7. The maximum Gasteiger partial charge on any atom is 0.255 e. The number of carbonyl (C=O) groups is 1. The van der Waals surface area contributed by atoms with Crippen LogP contribution in [0, 0.1) is 6.92 Å². The molecule has 4 nitrogen and oxygen atoms in total. The molecule has 3 rings (SSSR count). The highest BCUT2D eigenvalue weighted by atomic mass is 35.5. The van der Waals surface area contributed by atoms with Gasteiger partial charge in [0.1, 0.15) is 6.61 Å². The number of rotatable bonds is 7. The predicted octanol–water partition coefficient (Wildman–Crippen LogP) is 6.53. The van der Waals surface area contributed by atoms with Gasteiger partial charge >= 0.3 is 0 Å². The summed E-state index contributed by atoms with van der Waals surface area (Å²) in [7, 11) is 0. The summed E-state index contributed by atoms with van der Waals surface area (Å²) in [6.45, 7) is 4.46. The van der Waals surface area contributed by atoms with Crippen LogP contribution in [0.5, 0.6) is 11.5 Å². The Morgan fingerprint density at radius 2 is 1.72 bits per heavy atom. The third-order valence-electron chi connectivity index (χ3n) is 4.31. The summed E-state index contributed by atoms with van der Waals surface area (Å²) in [6.07, 6.45) is 0. The van der Waals surface area contributed by atoms with Gasteiger partial charge in [-0.1, -0.05) is 59.6 Å². The maximum atomic E-state index is 12.8. The van der Waals surface area contributed by atoms with Crippen LogP contribution >= 0.6 is 23.2 Å². The molecule has 1 N–H and O–H groups in total. The van der Waals surface area contributed by atoms with E-state index in [0.29, 0.717) is 46.0 Å². The molecule has 0 unspecified atom stereocenters. The molecule has 0 aliphatic rings. The van der Waals surface area contributed by atoms with Gasteiger partial charge in [0.05, 0.1) is 11.6 Å². The van der Waals surface area contributed by atoms with Gasteiger partial charge in [0.25, 0.3) is 5.91 Å². The number of hydrogen-bond acceptors (Lipinski definition) is 3. The van der Waals surface area contributed by atoms with Gasteiger partial charge in [-0.2, -0.15) is 0 Å². The molecule has 29 heavy (non-hydrogen) atoms. The lowest BCUT2D eigenvalue weighted by atomic mass is 10.1. The molecule has 3 aromatic rings. The maximum absolute atomic E-state index is 12.8. The Morgan fingerprint density at radius 1 is 0.966 bits per heavy atom. The smallest absolute Gasteiger partial charge is 0.255 e. The van der Waals surface area contributed by atoms with Crippen molar-refractivity contribution in [2.24, 2.45) is 0 Å². The zero-order valence-electron chi connectivity index (χ0n) is 16.2. The van der Waals surface area contributed by atoms with Gasteiger partial charge in [-0.05, 0) is 49.2 Å². The first-order valence-electron chi connectivity index (χ1n) is 9.19. The predicted molar refractivity (Wildman–Crippen MR) is 118 cm³/mol. The van der Waals surface area contributed by atoms with E-state index in [9.17, 15) is 4.79 Å². The second-order valence-electron chi connectivity index (χ2n) is 6.36. The minimum Gasteiger partial charge on any atom is -0.488 e. The highest BCUT2D eigenvalue weighted by molar-refractivity contribution is 6.33. The van der Waals surface area contributed by atoms with E-state index in [1.807, 2.05) is 44.2 Å². The van der Waals surface area contributed by atoms with E-state index in [1.165, 1.54) is 0 Å². The van der Waals surface area contributed by atoms with E-state index in [-0.39, 0.29) is 5.91 Å². The second-order valence-corrected chi connectivity index (χ2v) is 7.17. The fourth-order valence-corrected chi connectivity index (χ4v) is 3.20. The summed E-state index contributed by atoms with van der Waals surface area (Å²) < 4.78 is 11.6. The van der Waals surface area contributed by atoms with Crippen LogP contribution in [0.4, 0.5) is 5.69 Å². The Morgan fingerprint density at radius 3 is 2.45 bits per heavy atom. The van der Waals surface area contributed by atoms with Crippen LogP contribution in [0.25, 0.3) is 0 Å². The molecule has 0 saturated carbocycles. The van der Waals surface area contributed by atoms with Crippen molar-refractivity contribution in [1.29, 1.82) is 0 Å². The molecule has 0 fully saturated rings. The summed E-state index contributed by atoms with van der Waals surface area (Å²) in [5.41, 5.74) is 2.79. The molecule has 0 bridgehead atoms. The molecule has 0 spiro atoms. The number of carbonyl (C=O) groups excluding carboxylic acids is 1. The van der Waals surface area contributed by atoms with Crippen LogP contribution in [0.3, 0.4) is 0 Å². The van der Waals surface area contributed by atoms with Crippen molar-refractivity contribution < 1.29 is 14.3 Å². The first-order chi connectivity index (χ1) is 14.0. The van der Waals surface area contributed by atoms with E-state index in [0.717, 1.165) is 11.1 Å². The fraction of sp³-hybridized carbons (Fsp3) is 0.174. The number of nitrogens with one attached hydrogen (secondary N) is 1. The van der Waals surface area contributed by atoms with Gasteiger partial charge in [-0.3, -0.25) is 4.79 Å². The van der Waals surface area contributed by atoms with Crippen molar-refractivity contribution in [3.63, 3.8) is 0 Å². The van der Waals surface area contributed by atoms with Crippen molar-refractivity contribution in [1.82, 2.24) is 0 Å². The van der Waals surface area contributed by atoms with Gasteiger partial charge in [-0.15, -0.1) is 0 Å². The Balaban J connectivity index is 1.87. The Hall–Kier alpha value is -2.69. The van der Waals surface area contributed by atoms with Crippen LogP contribution in [0.1, 0.15) is 28.4 Å². The fourth-order valence-electron chi connectivity index (χ4n) is 2.76. The van der Waals surface area contributed by atoms with Crippen molar-refractivity contribution in [3.8, 4) is 11.5 Å². The molecule has 6 heteroatoms. The summed E-state index contributed by atoms with van der Waals surface area (Å²) in [4.78, 5) is 12.8. The Kier molecular flexibility index (Phi) is 7.02. The quantitative estimate of drug-likeness (QED) is 0.464. The van der Waals surface area contributed by atoms with E-state index in [1.54, 1.807) is 30.3 Å². The largest absolute Gasteiger partial charge is 0.488 e. The van der Waals surface area contributed by atoms with Crippen LogP contribution in [0.2, 0.25) is 10.0 Å². The van der Waals surface area contributed by atoms with E-state index >= 15 is 0 Å². The molecule has 0 radical (unpaired) electrons. The number of benzene rings is 3. The third kappa shape index (κ3) is 5.22. The minimum absolute atomic E-state index is 0.311. The average molecular weight is 430 g/mol. The molecule has 3 aromatic carbocycles. The summed E-state index contributed by atoms with van der Waals surface area (Å²) in [6, 6.07) is 18.3. The van der Waals surface area contributed by atoms with Crippen LogP contribution in [-0.4, -0.2) is 12.5 Å². The Labute approximate surface area is 180 Å². The number of ether oxygens (including phenoxy) is 2. The van der Waals surface area contributed by atoms with Crippen molar-refractivity contribution in [2.75, 3.05) is 11.9 Å². The highest BCUT2D eigenvalue weighted by Gasteiger charge is 2.17. The molecule has 0 heterocycles. The molecule has 150 valence electrons. The first-order valence-corrected chi connectivity index (χ1v) is 9.94. The second kappa shape index (κ2) is 9.68. The van der Waals surface area contributed by atoms with Gasteiger partial charge < -0.3 is 14.8 Å². The number of amides is 1. The van der Waals surface area contributed by atoms with Gasteiger partial charge in [0.15, 0.2) is 11.5 Å². The molecule has 0 aliphatic carbocycles. The highest BCUT2D eigenvalue weighted by Crippen LogP contribution is 2.37. The summed E-state index contributed by atoms with van der Waals surface area (Å²) in [5, 5.41) is 3.76. The number of halogens is 2. The van der Waals surface area contributed by atoms with Gasteiger partial charge in [-0.25, -0.2) is 0 Å². The molecular formula is C23H21Cl2NO3.